The summed E-state index contributed by atoms with van der Waals surface area (Å²) in [7, 11) is 0. The van der Waals surface area contributed by atoms with Gasteiger partial charge in [-0.1, -0.05) is 22.0 Å². The molecule has 1 unspecified atom stereocenters. The number of thiophene rings is 1. The highest BCUT2D eigenvalue weighted by Crippen LogP contribution is 2.24. The van der Waals surface area contributed by atoms with E-state index >= 15 is 0 Å². The summed E-state index contributed by atoms with van der Waals surface area (Å²) in [5.74, 6) is 0. The monoisotopic (exact) mass is 295 g/mol. The van der Waals surface area contributed by atoms with Crippen molar-refractivity contribution in [3.05, 3.63) is 56.2 Å². The molecule has 0 aliphatic rings. The van der Waals surface area contributed by atoms with E-state index in [1.54, 1.807) is 11.3 Å². The Morgan fingerprint density at radius 1 is 1.38 bits per heavy atom. The second-order valence-corrected chi connectivity index (χ2v) is 5.64. The Balaban J connectivity index is 2.20. The Hall–Kier alpha value is -0.640. The van der Waals surface area contributed by atoms with E-state index < -0.39 is 0 Å². The van der Waals surface area contributed by atoms with Crippen molar-refractivity contribution in [1.29, 1.82) is 0 Å². The van der Waals surface area contributed by atoms with Gasteiger partial charge in [0.15, 0.2) is 0 Å². The van der Waals surface area contributed by atoms with Crippen LogP contribution in [-0.4, -0.2) is 0 Å². The predicted octanol–water partition coefficient (Wildman–Crippen LogP) is 4.06. The molecule has 1 aromatic heterocycles. The lowest BCUT2D eigenvalue weighted by Gasteiger charge is -2.14. The average molecular weight is 296 g/mol. The Labute approximate surface area is 108 Å². The standard InChI is InChI=1S/C13H14BrNS/c1-9-2-3-11(14)7-12(9)13(15)6-10-4-5-16-8-10/h2-5,7-8,13H,6,15H2,1H3. The maximum atomic E-state index is 6.24. The van der Waals surface area contributed by atoms with Crippen molar-refractivity contribution >= 4 is 27.3 Å². The molecule has 0 fully saturated rings. The number of aryl methyl sites for hydroxylation is 1. The lowest BCUT2D eigenvalue weighted by molar-refractivity contribution is 0.718. The molecule has 1 heterocycles. The molecule has 0 spiro atoms. The zero-order valence-electron chi connectivity index (χ0n) is 9.11. The van der Waals surface area contributed by atoms with Crippen LogP contribution in [0, 0.1) is 6.92 Å². The van der Waals surface area contributed by atoms with Gasteiger partial charge in [-0.05, 0) is 59.0 Å². The fourth-order valence-electron chi connectivity index (χ4n) is 1.78. The number of hydrogen-bond donors (Lipinski definition) is 1. The fraction of sp³-hybridized carbons (Fsp3) is 0.231. The van der Waals surface area contributed by atoms with Crippen LogP contribution in [-0.2, 0) is 6.42 Å². The highest BCUT2D eigenvalue weighted by atomic mass is 79.9. The van der Waals surface area contributed by atoms with E-state index in [1.807, 2.05) is 0 Å². The second kappa shape index (κ2) is 5.13. The summed E-state index contributed by atoms with van der Waals surface area (Å²) in [5, 5.41) is 4.25. The molecular weight excluding hydrogens is 282 g/mol. The van der Waals surface area contributed by atoms with Gasteiger partial charge in [0.05, 0.1) is 0 Å². The topological polar surface area (TPSA) is 26.0 Å². The summed E-state index contributed by atoms with van der Waals surface area (Å²) >= 11 is 5.21. The molecule has 0 aliphatic carbocycles. The van der Waals surface area contributed by atoms with Gasteiger partial charge in [-0.25, -0.2) is 0 Å². The summed E-state index contributed by atoms with van der Waals surface area (Å²) in [6, 6.07) is 8.49. The van der Waals surface area contributed by atoms with Crippen LogP contribution in [0.3, 0.4) is 0 Å². The van der Waals surface area contributed by atoms with E-state index in [0.717, 1.165) is 10.9 Å². The van der Waals surface area contributed by atoms with Crippen molar-refractivity contribution < 1.29 is 0 Å². The molecular formula is C13H14BrNS. The van der Waals surface area contributed by atoms with Gasteiger partial charge in [-0.15, -0.1) is 0 Å². The van der Waals surface area contributed by atoms with Crippen LogP contribution in [0.25, 0.3) is 0 Å². The molecule has 0 amide bonds. The van der Waals surface area contributed by atoms with E-state index in [-0.39, 0.29) is 6.04 Å². The number of rotatable bonds is 3. The molecule has 1 atom stereocenters. The van der Waals surface area contributed by atoms with Gasteiger partial charge in [0, 0.05) is 10.5 Å². The van der Waals surface area contributed by atoms with Crippen LogP contribution in [0.4, 0.5) is 0 Å². The summed E-state index contributed by atoms with van der Waals surface area (Å²) in [6.07, 6.45) is 0.904. The summed E-state index contributed by atoms with van der Waals surface area (Å²) < 4.78 is 1.09. The molecule has 2 N–H and O–H groups in total. The Bertz CT molecular complexity index is 465. The van der Waals surface area contributed by atoms with Crippen molar-refractivity contribution in [3.8, 4) is 0 Å². The van der Waals surface area contributed by atoms with Gasteiger partial charge >= 0.3 is 0 Å². The molecule has 1 nitrogen and oxygen atoms in total. The van der Waals surface area contributed by atoms with Crippen LogP contribution < -0.4 is 5.73 Å². The van der Waals surface area contributed by atoms with Gasteiger partial charge in [-0.3, -0.25) is 0 Å². The third-order valence-electron chi connectivity index (χ3n) is 2.68. The van der Waals surface area contributed by atoms with Crippen molar-refractivity contribution in [3.63, 3.8) is 0 Å². The summed E-state index contributed by atoms with van der Waals surface area (Å²) in [6.45, 7) is 2.11. The first-order chi connectivity index (χ1) is 7.66. The van der Waals surface area contributed by atoms with Crippen molar-refractivity contribution in [2.24, 2.45) is 5.73 Å². The Kier molecular flexibility index (Phi) is 3.79. The van der Waals surface area contributed by atoms with Crippen LogP contribution in [0.5, 0.6) is 0 Å². The number of halogens is 1. The normalized spacial score (nSPS) is 12.7. The van der Waals surface area contributed by atoms with Crippen LogP contribution >= 0.6 is 27.3 Å². The molecule has 0 saturated heterocycles. The second-order valence-electron chi connectivity index (χ2n) is 3.94. The third-order valence-corrected chi connectivity index (χ3v) is 3.90. The van der Waals surface area contributed by atoms with Crippen LogP contribution in [0.1, 0.15) is 22.7 Å². The number of hydrogen-bond acceptors (Lipinski definition) is 2. The molecule has 0 saturated carbocycles. The average Bonchev–Trinajstić information content (AvgIpc) is 2.74. The first-order valence-corrected chi connectivity index (χ1v) is 6.93. The molecule has 3 heteroatoms. The van der Waals surface area contributed by atoms with Crippen LogP contribution in [0.2, 0.25) is 0 Å². The highest BCUT2D eigenvalue weighted by Gasteiger charge is 2.10. The quantitative estimate of drug-likeness (QED) is 0.908. The van der Waals surface area contributed by atoms with Gasteiger partial charge in [-0.2, -0.15) is 11.3 Å². The van der Waals surface area contributed by atoms with E-state index in [0.29, 0.717) is 0 Å². The van der Waals surface area contributed by atoms with Gasteiger partial charge < -0.3 is 5.73 Å². The minimum absolute atomic E-state index is 0.0760. The zero-order valence-corrected chi connectivity index (χ0v) is 11.5. The molecule has 84 valence electrons. The van der Waals surface area contributed by atoms with Crippen LogP contribution in [0.15, 0.2) is 39.5 Å². The highest BCUT2D eigenvalue weighted by molar-refractivity contribution is 9.10. The molecule has 0 radical (unpaired) electrons. The minimum atomic E-state index is 0.0760. The summed E-state index contributed by atoms with van der Waals surface area (Å²) in [5.41, 5.74) is 10.0. The molecule has 2 rings (SSSR count). The minimum Gasteiger partial charge on any atom is -0.324 e. The lowest BCUT2D eigenvalue weighted by Crippen LogP contribution is -2.14. The van der Waals surface area contributed by atoms with E-state index in [9.17, 15) is 0 Å². The maximum Gasteiger partial charge on any atom is 0.0339 e. The van der Waals surface area contributed by atoms with Crippen molar-refractivity contribution in [2.75, 3.05) is 0 Å². The third kappa shape index (κ3) is 2.73. The number of benzene rings is 1. The number of nitrogens with two attached hydrogens (primary N) is 1. The first kappa shape index (κ1) is 11.8. The Morgan fingerprint density at radius 2 is 2.19 bits per heavy atom. The maximum absolute atomic E-state index is 6.24. The zero-order chi connectivity index (χ0) is 11.5. The SMILES string of the molecule is Cc1ccc(Br)cc1C(N)Cc1ccsc1. The van der Waals surface area contributed by atoms with E-state index in [1.165, 1.54) is 16.7 Å². The first-order valence-electron chi connectivity index (χ1n) is 5.19. The predicted molar refractivity (Wildman–Crippen MR) is 73.8 cm³/mol. The van der Waals surface area contributed by atoms with E-state index in [2.05, 4.69) is 57.9 Å². The molecule has 0 bridgehead atoms. The molecule has 1 aromatic carbocycles. The van der Waals surface area contributed by atoms with Gasteiger partial charge in [0.2, 0.25) is 0 Å². The van der Waals surface area contributed by atoms with Crippen molar-refractivity contribution in [2.45, 2.75) is 19.4 Å². The van der Waals surface area contributed by atoms with Crippen molar-refractivity contribution in [1.82, 2.24) is 0 Å². The van der Waals surface area contributed by atoms with Gasteiger partial charge in [0.25, 0.3) is 0 Å². The lowest BCUT2D eigenvalue weighted by atomic mass is 9.97. The fourth-order valence-corrected chi connectivity index (χ4v) is 2.84. The smallest absolute Gasteiger partial charge is 0.0339 e. The van der Waals surface area contributed by atoms with Gasteiger partial charge in [0.1, 0.15) is 0 Å². The largest absolute Gasteiger partial charge is 0.324 e. The molecule has 16 heavy (non-hydrogen) atoms. The molecule has 2 aromatic rings. The Morgan fingerprint density at radius 3 is 2.88 bits per heavy atom. The van der Waals surface area contributed by atoms with E-state index in [4.69, 9.17) is 5.73 Å². The molecule has 0 aliphatic heterocycles. The summed E-state index contributed by atoms with van der Waals surface area (Å²) in [4.78, 5) is 0.